The number of allylic oxidation sites excluding steroid dienone is 1. The fourth-order valence-electron chi connectivity index (χ4n) is 2.58. The summed E-state index contributed by atoms with van der Waals surface area (Å²) in [5, 5.41) is 0. The molecule has 0 aromatic carbocycles. The van der Waals surface area contributed by atoms with Gasteiger partial charge in [0, 0.05) is 19.7 Å². The first-order chi connectivity index (χ1) is 11.4. The number of carbonyl (C=O) groups is 1. The maximum absolute atomic E-state index is 12.4. The molecule has 0 saturated carbocycles. The normalized spacial score (nSPS) is 18.0. The maximum Gasteiger partial charge on any atom is 0.236 e. The largest absolute Gasteiger partial charge is 0.366 e. The highest BCUT2D eigenvalue weighted by Gasteiger charge is 2.29. The number of likely N-dealkylation sites (N-methyl/N-ethyl adjacent to an activating group) is 1. The maximum atomic E-state index is 12.4. The minimum absolute atomic E-state index is 0.0165. The smallest absolute Gasteiger partial charge is 0.236 e. The Kier molecular flexibility index (Phi) is 5.93. The summed E-state index contributed by atoms with van der Waals surface area (Å²) in [6.07, 6.45) is 8.37. The van der Waals surface area contributed by atoms with Gasteiger partial charge in [-0.1, -0.05) is 19.4 Å². The highest BCUT2D eigenvalue weighted by Crippen LogP contribution is 2.28. The Morgan fingerprint density at radius 3 is 2.75 bits per heavy atom. The third kappa shape index (κ3) is 4.31. The van der Waals surface area contributed by atoms with E-state index in [1.807, 2.05) is 24.2 Å². The Balaban J connectivity index is 2.44. The molecular weight excluding hydrogens is 328 g/mol. The van der Waals surface area contributed by atoms with Crippen LogP contribution in [-0.2, 0) is 21.2 Å². The minimum Gasteiger partial charge on any atom is -0.366 e. The van der Waals surface area contributed by atoms with E-state index in [1.54, 1.807) is 13.1 Å². The van der Waals surface area contributed by atoms with E-state index in [4.69, 9.17) is 0 Å². The van der Waals surface area contributed by atoms with Crippen LogP contribution in [0.15, 0.2) is 18.5 Å². The lowest BCUT2D eigenvalue weighted by atomic mass is 9.96. The first-order valence-electron chi connectivity index (χ1n) is 8.15. The van der Waals surface area contributed by atoms with Crippen molar-refractivity contribution in [2.75, 3.05) is 17.5 Å². The third-order valence-corrected chi connectivity index (χ3v) is 5.21. The lowest BCUT2D eigenvalue weighted by molar-refractivity contribution is -0.123. The number of hydrogen-bond donors (Lipinski definition) is 1. The molecule has 2 heterocycles. The second kappa shape index (κ2) is 7.74. The fourth-order valence-corrected chi connectivity index (χ4v) is 3.10. The van der Waals surface area contributed by atoms with Gasteiger partial charge in [0.05, 0.1) is 11.4 Å². The van der Waals surface area contributed by atoms with Crippen molar-refractivity contribution in [3.05, 3.63) is 29.7 Å². The summed E-state index contributed by atoms with van der Waals surface area (Å²) in [6, 6.07) is -0.505. The number of anilines is 1. The van der Waals surface area contributed by atoms with E-state index in [0.717, 1.165) is 24.8 Å². The average molecular weight is 352 g/mol. The number of aryl methyl sites for hydroxylation is 1. The van der Waals surface area contributed by atoms with Gasteiger partial charge in [-0.05, 0) is 31.5 Å². The van der Waals surface area contributed by atoms with Crippen LogP contribution in [0.1, 0.15) is 50.4 Å². The van der Waals surface area contributed by atoms with Gasteiger partial charge in [0.25, 0.3) is 0 Å². The Morgan fingerprint density at radius 2 is 2.12 bits per heavy atom. The summed E-state index contributed by atoms with van der Waals surface area (Å²) < 4.78 is 25.9. The van der Waals surface area contributed by atoms with Crippen LogP contribution in [0.25, 0.3) is 0 Å². The predicted molar refractivity (Wildman–Crippen MR) is 93.0 cm³/mol. The molecule has 1 aliphatic heterocycles. The SMILES string of the molecule is CCCCc1cnc(NS(=O)(=O)CC)nc1C1C(=O)CC=CN1C. The van der Waals surface area contributed by atoms with Gasteiger partial charge in [0.15, 0.2) is 5.78 Å². The fraction of sp³-hybridized carbons (Fsp3) is 0.562. The zero-order chi connectivity index (χ0) is 17.7. The van der Waals surface area contributed by atoms with Crippen molar-refractivity contribution in [1.82, 2.24) is 14.9 Å². The van der Waals surface area contributed by atoms with E-state index in [1.165, 1.54) is 0 Å². The number of nitrogens with one attached hydrogen (secondary N) is 1. The molecule has 24 heavy (non-hydrogen) atoms. The van der Waals surface area contributed by atoms with E-state index >= 15 is 0 Å². The topological polar surface area (TPSA) is 92.3 Å². The lowest BCUT2D eigenvalue weighted by Gasteiger charge is -2.29. The Bertz CT molecular complexity index is 731. The van der Waals surface area contributed by atoms with Crippen molar-refractivity contribution in [1.29, 1.82) is 0 Å². The molecule has 1 aliphatic rings. The van der Waals surface area contributed by atoms with Crippen LogP contribution in [0.2, 0.25) is 0 Å². The summed E-state index contributed by atoms with van der Waals surface area (Å²) in [5.74, 6) is -0.00234. The monoisotopic (exact) mass is 352 g/mol. The van der Waals surface area contributed by atoms with Crippen LogP contribution in [0.3, 0.4) is 0 Å². The summed E-state index contributed by atoms with van der Waals surface area (Å²) >= 11 is 0. The second-order valence-corrected chi connectivity index (χ2v) is 7.85. The highest BCUT2D eigenvalue weighted by molar-refractivity contribution is 7.92. The number of nitrogens with zero attached hydrogens (tertiary/aromatic N) is 3. The van der Waals surface area contributed by atoms with E-state index in [2.05, 4.69) is 21.6 Å². The zero-order valence-corrected chi connectivity index (χ0v) is 15.1. The van der Waals surface area contributed by atoms with Crippen molar-refractivity contribution >= 4 is 21.8 Å². The number of Topliss-reactive ketones (excluding diaryl/α,β-unsaturated/α-hetero) is 1. The molecule has 1 atom stereocenters. The van der Waals surface area contributed by atoms with E-state index < -0.39 is 16.1 Å². The predicted octanol–water partition coefficient (Wildman–Crippen LogP) is 2.04. The van der Waals surface area contributed by atoms with Crippen LogP contribution in [0.5, 0.6) is 0 Å². The minimum atomic E-state index is -3.46. The molecule has 2 rings (SSSR count). The van der Waals surface area contributed by atoms with Gasteiger partial charge < -0.3 is 4.90 Å². The van der Waals surface area contributed by atoms with Gasteiger partial charge in [-0.25, -0.2) is 18.4 Å². The van der Waals surface area contributed by atoms with Gasteiger partial charge in [-0.15, -0.1) is 0 Å². The quantitative estimate of drug-likeness (QED) is 0.807. The lowest BCUT2D eigenvalue weighted by Crippen LogP contribution is -2.31. The number of ketones is 1. The molecule has 0 bridgehead atoms. The molecule has 0 spiro atoms. The molecule has 7 nitrogen and oxygen atoms in total. The molecule has 0 aliphatic carbocycles. The standard InChI is InChI=1S/C16H24N4O3S/c1-4-6-8-12-11-17-16(19-24(22,23)5-2)18-14(12)15-13(21)9-7-10-20(15)3/h7,10-11,15H,4-6,8-9H2,1-3H3,(H,17,18,19). The number of hydrogen-bond acceptors (Lipinski definition) is 6. The molecule has 0 amide bonds. The molecule has 132 valence electrons. The van der Waals surface area contributed by atoms with Crippen molar-refractivity contribution in [3.8, 4) is 0 Å². The molecule has 1 aromatic rings. The Morgan fingerprint density at radius 1 is 1.38 bits per heavy atom. The Labute approximate surface area is 143 Å². The van der Waals surface area contributed by atoms with Gasteiger partial charge >= 0.3 is 0 Å². The molecule has 0 saturated heterocycles. The van der Waals surface area contributed by atoms with Gasteiger partial charge in [-0.3, -0.25) is 9.52 Å². The molecule has 0 radical (unpaired) electrons. The molecule has 1 aromatic heterocycles. The van der Waals surface area contributed by atoms with Gasteiger partial charge in [-0.2, -0.15) is 0 Å². The average Bonchev–Trinajstić information content (AvgIpc) is 2.53. The zero-order valence-electron chi connectivity index (χ0n) is 14.3. The van der Waals surface area contributed by atoms with E-state index in [0.29, 0.717) is 12.1 Å². The van der Waals surface area contributed by atoms with Crippen molar-refractivity contribution < 1.29 is 13.2 Å². The van der Waals surface area contributed by atoms with E-state index in [9.17, 15) is 13.2 Å². The first-order valence-corrected chi connectivity index (χ1v) is 9.80. The van der Waals surface area contributed by atoms with Crippen LogP contribution < -0.4 is 4.72 Å². The molecule has 1 unspecified atom stereocenters. The molecule has 1 N–H and O–H groups in total. The molecular formula is C16H24N4O3S. The van der Waals surface area contributed by atoms with Gasteiger partial charge in [0.1, 0.15) is 6.04 Å². The van der Waals surface area contributed by atoms with Crippen LogP contribution in [-0.4, -0.2) is 41.9 Å². The second-order valence-electron chi connectivity index (χ2n) is 5.84. The summed E-state index contributed by atoms with van der Waals surface area (Å²) in [7, 11) is -1.65. The van der Waals surface area contributed by atoms with E-state index in [-0.39, 0.29) is 17.5 Å². The van der Waals surface area contributed by atoms with Crippen molar-refractivity contribution in [2.45, 2.75) is 45.6 Å². The van der Waals surface area contributed by atoms with Crippen LogP contribution in [0.4, 0.5) is 5.95 Å². The first kappa shape index (κ1) is 18.4. The third-order valence-electron chi connectivity index (χ3n) is 3.96. The Hall–Kier alpha value is -1.96. The van der Waals surface area contributed by atoms with Crippen LogP contribution in [0, 0.1) is 0 Å². The molecule has 8 heteroatoms. The number of carbonyl (C=O) groups excluding carboxylic acids is 1. The summed E-state index contributed by atoms with van der Waals surface area (Å²) in [5.41, 5.74) is 1.47. The molecule has 0 fully saturated rings. The van der Waals surface area contributed by atoms with Gasteiger partial charge in [0.2, 0.25) is 16.0 Å². The van der Waals surface area contributed by atoms with Crippen molar-refractivity contribution in [2.24, 2.45) is 0 Å². The number of sulfonamides is 1. The highest BCUT2D eigenvalue weighted by atomic mass is 32.2. The summed E-state index contributed by atoms with van der Waals surface area (Å²) in [6.45, 7) is 3.63. The number of rotatable bonds is 7. The number of unbranched alkanes of at least 4 members (excludes halogenated alkanes) is 1. The number of aromatic nitrogens is 2. The van der Waals surface area contributed by atoms with Crippen molar-refractivity contribution in [3.63, 3.8) is 0 Å². The van der Waals surface area contributed by atoms with Crippen LogP contribution >= 0.6 is 0 Å². The summed E-state index contributed by atoms with van der Waals surface area (Å²) in [4.78, 5) is 22.7.